The van der Waals surface area contributed by atoms with Gasteiger partial charge in [0.1, 0.15) is 5.69 Å². The highest BCUT2D eigenvalue weighted by Crippen LogP contribution is 2.34. The molecule has 0 aliphatic carbocycles. The van der Waals surface area contributed by atoms with Crippen molar-refractivity contribution in [2.45, 2.75) is 46.8 Å². The van der Waals surface area contributed by atoms with E-state index in [-0.39, 0.29) is 24.6 Å². The molecule has 0 saturated heterocycles. The van der Waals surface area contributed by atoms with Crippen molar-refractivity contribution in [1.29, 1.82) is 0 Å². The molecular weight excluding hydrogens is 404 g/mol. The summed E-state index contributed by atoms with van der Waals surface area (Å²) >= 11 is 0. The van der Waals surface area contributed by atoms with E-state index in [0.29, 0.717) is 28.3 Å². The van der Waals surface area contributed by atoms with E-state index in [0.717, 1.165) is 5.56 Å². The Hall–Kier alpha value is -3.49. The number of carbonyl (C=O) groups excluding carboxylic acids is 3. The first kappa shape index (κ1) is 22.2. The van der Waals surface area contributed by atoms with Crippen LogP contribution in [-0.2, 0) is 14.3 Å². The van der Waals surface area contributed by atoms with E-state index in [9.17, 15) is 14.4 Å². The molecule has 1 atom stereocenters. The van der Waals surface area contributed by atoms with E-state index < -0.39 is 24.5 Å². The Kier molecular flexibility index (Phi) is 6.53. The molecule has 1 aliphatic heterocycles. The second-order valence-electron chi connectivity index (χ2n) is 7.56. The number of H-pyrrole nitrogens is 1. The number of fused-ring (bicyclic) bond motifs is 1. The van der Waals surface area contributed by atoms with Gasteiger partial charge in [-0.1, -0.05) is 6.07 Å². The van der Waals surface area contributed by atoms with Crippen molar-refractivity contribution in [1.82, 2.24) is 10.3 Å². The van der Waals surface area contributed by atoms with Gasteiger partial charge in [0.2, 0.25) is 6.79 Å². The lowest BCUT2D eigenvalue weighted by atomic mass is 10.1. The van der Waals surface area contributed by atoms with Gasteiger partial charge in [-0.3, -0.25) is 4.79 Å². The lowest BCUT2D eigenvalue weighted by Gasteiger charge is -2.15. The fourth-order valence-corrected chi connectivity index (χ4v) is 3.29. The molecule has 1 unspecified atom stereocenters. The van der Waals surface area contributed by atoms with Gasteiger partial charge in [-0.2, -0.15) is 0 Å². The second kappa shape index (κ2) is 9.11. The van der Waals surface area contributed by atoms with E-state index in [1.165, 1.54) is 0 Å². The minimum absolute atomic E-state index is 0.116. The number of ether oxygens (including phenoxy) is 4. The van der Waals surface area contributed by atoms with Crippen molar-refractivity contribution in [3.05, 3.63) is 46.3 Å². The summed E-state index contributed by atoms with van der Waals surface area (Å²) in [5.74, 6) is -0.427. The van der Waals surface area contributed by atoms with Crippen LogP contribution in [0.5, 0.6) is 11.5 Å². The molecule has 0 saturated carbocycles. The number of aryl methyl sites for hydroxylation is 1. The minimum atomic E-state index is -0.727. The zero-order chi connectivity index (χ0) is 22.7. The van der Waals surface area contributed by atoms with Crippen LogP contribution in [0.4, 0.5) is 0 Å². The highest BCUT2D eigenvalue weighted by molar-refractivity contribution is 5.99. The first-order chi connectivity index (χ1) is 14.7. The molecule has 1 aromatic heterocycles. The lowest BCUT2D eigenvalue weighted by Crippen LogP contribution is -2.31. The first-order valence-corrected chi connectivity index (χ1v) is 9.93. The van der Waals surface area contributed by atoms with Gasteiger partial charge in [-0.05, 0) is 57.9 Å². The summed E-state index contributed by atoms with van der Waals surface area (Å²) in [6, 6.07) is 5.07. The summed E-state index contributed by atoms with van der Waals surface area (Å²) in [5, 5.41) is 2.77. The highest BCUT2D eigenvalue weighted by atomic mass is 16.7. The van der Waals surface area contributed by atoms with Crippen LogP contribution in [-0.4, -0.2) is 42.3 Å². The summed E-state index contributed by atoms with van der Waals surface area (Å²) in [4.78, 5) is 39.8. The summed E-state index contributed by atoms with van der Waals surface area (Å²) in [6.07, 6.45) is -0.285. The van der Waals surface area contributed by atoms with Crippen molar-refractivity contribution in [3.8, 4) is 11.5 Å². The van der Waals surface area contributed by atoms with Crippen LogP contribution < -0.4 is 14.8 Å². The largest absolute Gasteiger partial charge is 0.459 e. The maximum Gasteiger partial charge on any atom is 0.355 e. The zero-order valence-electron chi connectivity index (χ0n) is 18.2. The summed E-state index contributed by atoms with van der Waals surface area (Å²) in [5.41, 5.74) is 2.15. The normalized spacial score (nSPS) is 13.1. The number of hydrogen-bond acceptors (Lipinski definition) is 7. The first-order valence-electron chi connectivity index (χ1n) is 9.93. The Balaban J connectivity index is 1.58. The minimum Gasteiger partial charge on any atom is -0.459 e. The fraction of sp³-hybridized carbons (Fsp3) is 0.409. The zero-order valence-corrected chi connectivity index (χ0v) is 18.2. The van der Waals surface area contributed by atoms with Crippen LogP contribution in [0.25, 0.3) is 0 Å². The molecule has 3 rings (SSSR count). The molecule has 0 spiro atoms. The molecule has 166 valence electrons. The molecule has 9 nitrogen and oxygen atoms in total. The monoisotopic (exact) mass is 430 g/mol. The van der Waals surface area contributed by atoms with Crippen molar-refractivity contribution in [2.75, 3.05) is 13.4 Å². The van der Waals surface area contributed by atoms with Gasteiger partial charge in [0, 0.05) is 5.69 Å². The topological polar surface area (TPSA) is 116 Å². The molecular formula is C22H26N2O7. The van der Waals surface area contributed by atoms with Gasteiger partial charge in [0.05, 0.1) is 17.7 Å². The van der Waals surface area contributed by atoms with Crippen LogP contribution in [0.15, 0.2) is 18.2 Å². The lowest BCUT2D eigenvalue weighted by molar-refractivity contribution is -0.124. The molecule has 2 aromatic rings. The predicted molar refractivity (Wildman–Crippen MR) is 110 cm³/mol. The van der Waals surface area contributed by atoms with Gasteiger partial charge < -0.3 is 29.2 Å². The number of nitrogens with one attached hydrogen (secondary N) is 2. The van der Waals surface area contributed by atoms with E-state index in [1.54, 1.807) is 39.8 Å². The molecule has 9 heteroatoms. The van der Waals surface area contributed by atoms with E-state index in [2.05, 4.69) is 10.3 Å². The fourth-order valence-electron chi connectivity index (χ4n) is 3.29. The summed E-state index contributed by atoms with van der Waals surface area (Å²) in [7, 11) is 0. The van der Waals surface area contributed by atoms with Crippen LogP contribution in [0.3, 0.4) is 0 Å². The Labute approximate surface area is 180 Å². The van der Waals surface area contributed by atoms with Crippen molar-refractivity contribution >= 4 is 17.8 Å². The average molecular weight is 430 g/mol. The third-order valence-corrected chi connectivity index (χ3v) is 4.80. The van der Waals surface area contributed by atoms with E-state index in [4.69, 9.17) is 18.9 Å². The van der Waals surface area contributed by atoms with Crippen LogP contribution in [0, 0.1) is 13.8 Å². The maximum absolute atomic E-state index is 12.4. The van der Waals surface area contributed by atoms with Gasteiger partial charge in [0.25, 0.3) is 5.91 Å². The molecule has 2 N–H and O–H groups in total. The SMILES string of the molecule is Cc1[nH]c(C(=O)OCC(=O)NC(C)c2ccc3c(c2)OCO3)c(C)c1C(=O)OC(C)C. The van der Waals surface area contributed by atoms with Gasteiger partial charge >= 0.3 is 11.9 Å². The Morgan fingerprint density at radius 2 is 1.81 bits per heavy atom. The summed E-state index contributed by atoms with van der Waals surface area (Å²) in [6.45, 7) is 8.30. The molecule has 2 heterocycles. The smallest absolute Gasteiger partial charge is 0.355 e. The molecule has 0 fully saturated rings. The molecule has 1 aromatic carbocycles. The number of carbonyl (C=O) groups is 3. The van der Waals surface area contributed by atoms with Crippen LogP contribution >= 0.6 is 0 Å². The number of rotatable bonds is 7. The Morgan fingerprint density at radius 1 is 1.10 bits per heavy atom. The van der Waals surface area contributed by atoms with E-state index in [1.807, 2.05) is 13.0 Å². The highest BCUT2D eigenvalue weighted by Gasteiger charge is 2.25. The van der Waals surface area contributed by atoms with Crippen LogP contribution in [0.2, 0.25) is 0 Å². The third-order valence-electron chi connectivity index (χ3n) is 4.80. The molecule has 1 aliphatic rings. The molecule has 0 bridgehead atoms. The average Bonchev–Trinajstić information content (AvgIpc) is 3.28. The van der Waals surface area contributed by atoms with Crippen molar-refractivity contribution < 1.29 is 33.3 Å². The van der Waals surface area contributed by atoms with Gasteiger partial charge in [0.15, 0.2) is 18.1 Å². The quantitative estimate of drug-likeness (QED) is 0.649. The standard InChI is InChI=1S/C22H26N2O7/c1-11(2)31-21(26)19-12(3)20(24-14(19)5)22(27)28-9-18(25)23-13(4)15-6-7-16-17(8-15)30-10-29-16/h6-8,11,13,24H,9-10H2,1-5H3,(H,23,25). The van der Waals surface area contributed by atoms with Gasteiger partial charge in [-0.15, -0.1) is 0 Å². The van der Waals surface area contributed by atoms with Crippen molar-refractivity contribution in [3.63, 3.8) is 0 Å². The Morgan fingerprint density at radius 3 is 2.52 bits per heavy atom. The molecule has 31 heavy (non-hydrogen) atoms. The Bertz CT molecular complexity index is 1010. The molecule has 1 amide bonds. The summed E-state index contributed by atoms with van der Waals surface area (Å²) < 4.78 is 21.0. The number of benzene rings is 1. The van der Waals surface area contributed by atoms with Crippen LogP contribution in [0.1, 0.15) is 64.5 Å². The number of aromatic amines is 1. The maximum atomic E-state index is 12.4. The number of hydrogen-bond donors (Lipinski definition) is 2. The second-order valence-corrected chi connectivity index (χ2v) is 7.56. The van der Waals surface area contributed by atoms with Crippen molar-refractivity contribution in [2.24, 2.45) is 0 Å². The number of esters is 2. The third kappa shape index (κ3) is 4.99. The number of aromatic nitrogens is 1. The molecule has 0 radical (unpaired) electrons. The van der Waals surface area contributed by atoms with E-state index >= 15 is 0 Å². The number of amides is 1. The van der Waals surface area contributed by atoms with Gasteiger partial charge in [-0.25, -0.2) is 9.59 Å². The predicted octanol–water partition coefficient (Wildman–Crippen LogP) is 2.96.